The molecule has 1 nitrogen and oxygen atoms in total. The molecule has 0 amide bonds. The predicted octanol–water partition coefficient (Wildman–Crippen LogP) is 2.16. The number of hydrogen-bond acceptors (Lipinski definition) is 2. The lowest BCUT2D eigenvalue weighted by Crippen LogP contribution is -1.85. The molecule has 2 N–H and O–H groups in total. The Balaban J connectivity index is 3.17. The van der Waals surface area contributed by atoms with Crippen LogP contribution < -0.4 is 5.73 Å². The summed E-state index contributed by atoms with van der Waals surface area (Å²) in [5.74, 6) is 0. The van der Waals surface area contributed by atoms with Crippen molar-refractivity contribution in [3.63, 3.8) is 0 Å². The van der Waals surface area contributed by atoms with E-state index in [0.29, 0.717) is 0 Å². The summed E-state index contributed by atoms with van der Waals surface area (Å²) >= 11 is 6.36. The number of hydrogen-bond donors (Lipinski definition) is 2. The van der Waals surface area contributed by atoms with Gasteiger partial charge in [0.05, 0.1) is 0 Å². The summed E-state index contributed by atoms with van der Waals surface area (Å²) in [6, 6.07) is 5.73. The van der Waals surface area contributed by atoms with Gasteiger partial charge in [0.1, 0.15) is 0 Å². The zero-order valence-corrected chi connectivity index (χ0v) is 7.69. The lowest BCUT2D eigenvalue weighted by atomic mass is 10.3. The van der Waals surface area contributed by atoms with Gasteiger partial charge in [0.15, 0.2) is 0 Å². The molecule has 0 saturated carbocycles. The molecule has 0 atom stereocenters. The molecule has 0 saturated heterocycles. The topological polar surface area (TPSA) is 26.0 Å². The highest BCUT2D eigenvalue weighted by molar-refractivity contribution is 14.1. The number of anilines is 1. The molecule has 0 bridgehead atoms. The number of nitrogen functional groups attached to an aromatic ring is 1. The molecular formula is C6H6INS. The van der Waals surface area contributed by atoms with E-state index in [-0.39, 0.29) is 0 Å². The molecule has 0 aromatic heterocycles. The third-order valence-electron chi connectivity index (χ3n) is 0.992. The van der Waals surface area contributed by atoms with Crippen LogP contribution in [-0.2, 0) is 0 Å². The highest BCUT2D eigenvalue weighted by atomic mass is 127. The molecule has 0 unspecified atom stereocenters. The van der Waals surface area contributed by atoms with Crippen LogP contribution in [0.15, 0.2) is 23.1 Å². The van der Waals surface area contributed by atoms with Gasteiger partial charge in [0.25, 0.3) is 0 Å². The first kappa shape index (κ1) is 7.21. The lowest BCUT2D eigenvalue weighted by molar-refractivity contribution is 1.45. The molecule has 0 aliphatic carbocycles. The highest BCUT2D eigenvalue weighted by Crippen LogP contribution is 2.18. The van der Waals surface area contributed by atoms with Crippen molar-refractivity contribution < 1.29 is 0 Å². The fourth-order valence-electron chi connectivity index (χ4n) is 0.517. The van der Waals surface area contributed by atoms with Crippen LogP contribution >= 0.6 is 35.2 Å². The van der Waals surface area contributed by atoms with Crippen LogP contribution in [0.3, 0.4) is 0 Å². The number of thiol groups is 1. The SMILES string of the molecule is Nc1ccc(I)cc1S. The molecule has 0 fully saturated rings. The first-order chi connectivity index (χ1) is 4.20. The Morgan fingerprint density at radius 1 is 1.44 bits per heavy atom. The average molecular weight is 251 g/mol. The van der Waals surface area contributed by atoms with Crippen LogP contribution in [0.4, 0.5) is 5.69 Å². The van der Waals surface area contributed by atoms with Crippen molar-refractivity contribution >= 4 is 40.9 Å². The fraction of sp³-hybridized carbons (Fsp3) is 0. The highest BCUT2D eigenvalue weighted by Gasteiger charge is 1.91. The first-order valence-corrected chi connectivity index (χ1v) is 3.97. The molecule has 0 spiro atoms. The minimum absolute atomic E-state index is 0.735. The van der Waals surface area contributed by atoms with E-state index in [9.17, 15) is 0 Å². The second-order valence-corrected chi connectivity index (χ2v) is 3.43. The van der Waals surface area contributed by atoms with Crippen LogP contribution in [0.1, 0.15) is 0 Å². The van der Waals surface area contributed by atoms with Crippen molar-refractivity contribution in [3.05, 3.63) is 21.8 Å². The second kappa shape index (κ2) is 2.79. The zero-order valence-electron chi connectivity index (χ0n) is 4.63. The monoisotopic (exact) mass is 251 g/mol. The summed E-state index contributed by atoms with van der Waals surface area (Å²) in [5, 5.41) is 0. The van der Waals surface area contributed by atoms with Crippen molar-refractivity contribution in [1.29, 1.82) is 0 Å². The van der Waals surface area contributed by atoms with Crippen LogP contribution in [0, 0.1) is 3.57 Å². The summed E-state index contributed by atoms with van der Waals surface area (Å²) in [6.07, 6.45) is 0. The first-order valence-electron chi connectivity index (χ1n) is 2.44. The molecule has 0 heterocycles. The standard InChI is InChI=1S/C6H6INS/c7-4-1-2-5(8)6(9)3-4/h1-3,9H,8H2. The van der Waals surface area contributed by atoms with E-state index in [1.165, 1.54) is 0 Å². The number of nitrogens with two attached hydrogens (primary N) is 1. The van der Waals surface area contributed by atoms with E-state index in [1.54, 1.807) is 0 Å². The van der Waals surface area contributed by atoms with E-state index in [0.717, 1.165) is 14.2 Å². The van der Waals surface area contributed by atoms with E-state index >= 15 is 0 Å². The van der Waals surface area contributed by atoms with Crippen molar-refractivity contribution in [2.24, 2.45) is 0 Å². The normalized spacial score (nSPS) is 9.56. The Labute approximate surface area is 73.2 Å². The molecule has 0 aliphatic heterocycles. The van der Waals surface area contributed by atoms with E-state index in [1.807, 2.05) is 18.2 Å². The maximum absolute atomic E-state index is 5.51. The van der Waals surface area contributed by atoms with Crippen molar-refractivity contribution in [2.75, 3.05) is 5.73 Å². The van der Waals surface area contributed by atoms with E-state index < -0.39 is 0 Å². The Morgan fingerprint density at radius 2 is 2.11 bits per heavy atom. The molecule has 1 aromatic carbocycles. The Kier molecular flexibility index (Phi) is 2.23. The van der Waals surface area contributed by atoms with Gasteiger partial charge in [-0.05, 0) is 40.8 Å². The zero-order chi connectivity index (χ0) is 6.85. The third-order valence-corrected chi connectivity index (χ3v) is 2.05. The molecule has 0 radical (unpaired) electrons. The minimum atomic E-state index is 0.735. The lowest BCUT2D eigenvalue weighted by Gasteiger charge is -1.96. The van der Waals surface area contributed by atoms with Crippen LogP contribution in [0.5, 0.6) is 0 Å². The van der Waals surface area contributed by atoms with Crippen molar-refractivity contribution in [2.45, 2.75) is 4.90 Å². The fourth-order valence-corrected chi connectivity index (χ4v) is 1.47. The molecule has 0 aliphatic rings. The van der Waals surface area contributed by atoms with Crippen LogP contribution in [0.25, 0.3) is 0 Å². The van der Waals surface area contributed by atoms with Gasteiger partial charge >= 0.3 is 0 Å². The maximum Gasteiger partial charge on any atom is 0.0450 e. The van der Waals surface area contributed by atoms with E-state index in [2.05, 4.69) is 35.2 Å². The van der Waals surface area contributed by atoms with Gasteiger partial charge in [-0.1, -0.05) is 0 Å². The molecule has 1 aromatic rings. The Bertz CT molecular complexity index is 224. The summed E-state index contributed by atoms with van der Waals surface area (Å²) in [6.45, 7) is 0. The van der Waals surface area contributed by atoms with E-state index in [4.69, 9.17) is 5.73 Å². The molecular weight excluding hydrogens is 245 g/mol. The van der Waals surface area contributed by atoms with Gasteiger partial charge in [-0.25, -0.2) is 0 Å². The van der Waals surface area contributed by atoms with Gasteiger partial charge in [0, 0.05) is 14.2 Å². The van der Waals surface area contributed by atoms with Gasteiger partial charge in [0.2, 0.25) is 0 Å². The Hall–Kier alpha value is 0.1000. The maximum atomic E-state index is 5.51. The number of benzene rings is 1. The molecule has 9 heavy (non-hydrogen) atoms. The predicted molar refractivity (Wildman–Crippen MR) is 50.8 cm³/mol. The average Bonchev–Trinajstić information content (AvgIpc) is 1.80. The third kappa shape index (κ3) is 1.76. The minimum Gasteiger partial charge on any atom is -0.398 e. The van der Waals surface area contributed by atoms with Crippen LogP contribution in [0.2, 0.25) is 0 Å². The summed E-state index contributed by atoms with van der Waals surface area (Å²) < 4.78 is 1.16. The molecule has 48 valence electrons. The Morgan fingerprint density at radius 3 is 2.56 bits per heavy atom. The quantitative estimate of drug-likeness (QED) is 0.412. The van der Waals surface area contributed by atoms with Gasteiger partial charge < -0.3 is 5.73 Å². The largest absolute Gasteiger partial charge is 0.398 e. The number of rotatable bonds is 0. The summed E-state index contributed by atoms with van der Waals surface area (Å²) in [4.78, 5) is 0.849. The van der Waals surface area contributed by atoms with Crippen molar-refractivity contribution in [3.8, 4) is 0 Å². The van der Waals surface area contributed by atoms with Crippen molar-refractivity contribution in [1.82, 2.24) is 0 Å². The summed E-state index contributed by atoms with van der Waals surface area (Å²) in [7, 11) is 0. The van der Waals surface area contributed by atoms with Gasteiger partial charge in [-0.2, -0.15) is 0 Å². The second-order valence-electron chi connectivity index (χ2n) is 1.70. The van der Waals surface area contributed by atoms with Crippen LogP contribution in [-0.4, -0.2) is 0 Å². The number of halogens is 1. The smallest absolute Gasteiger partial charge is 0.0450 e. The molecule has 3 heteroatoms. The van der Waals surface area contributed by atoms with Gasteiger partial charge in [-0.3, -0.25) is 0 Å². The summed E-state index contributed by atoms with van der Waals surface area (Å²) in [5.41, 5.74) is 6.24. The molecule has 1 rings (SSSR count). The van der Waals surface area contributed by atoms with Gasteiger partial charge in [-0.15, -0.1) is 12.6 Å².